The quantitative estimate of drug-likeness (QED) is 0.556. The lowest BCUT2D eigenvalue weighted by atomic mass is 9.78. The monoisotopic (exact) mass is 392 g/mol. The van der Waals surface area contributed by atoms with Crippen LogP contribution >= 0.6 is 0 Å². The molecule has 4 nitrogen and oxygen atoms in total. The van der Waals surface area contributed by atoms with Crippen molar-refractivity contribution < 1.29 is 45.7 Å². The van der Waals surface area contributed by atoms with Crippen LogP contribution in [0.5, 0.6) is 0 Å². The van der Waals surface area contributed by atoms with Crippen molar-refractivity contribution in [2.75, 3.05) is 13.7 Å². The van der Waals surface area contributed by atoms with E-state index in [0.717, 1.165) is 0 Å². The van der Waals surface area contributed by atoms with Crippen molar-refractivity contribution in [3.05, 3.63) is 0 Å². The molecule has 2 bridgehead atoms. The van der Waals surface area contributed by atoms with E-state index < -0.39 is 54.2 Å². The fraction of sp³-hybridized carbons (Fsp3) is 0.938. The molecule has 0 heterocycles. The van der Waals surface area contributed by atoms with Crippen LogP contribution in [0.15, 0.2) is 0 Å². The second-order valence-electron chi connectivity index (χ2n) is 7.39. The Labute approximate surface area is 146 Å². The van der Waals surface area contributed by atoms with Gasteiger partial charge in [-0.2, -0.15) is 26.3 Å². The van der Waals surface area contributed by atoms with Gasteiger partial charge in [-0.05, 0) is 50.4 Å². The van der Waals surface area contributed by atoms with Crippen LogP contribution in [-0.4, -0.2) is 48.9 Å². The van der Waals surface area contributed by atoms with Gasteiger partial charge < -0.3 is 14.6 Å². The van der Waals surface area contributed by atoms with Crippen molar-refractivity contribution in [3.63, 3.8) is 0 Å². The summed E-state index contributed by atoms with van der Waals surface area (Å²) in [5.41, 5.74) is -4.76. The molecular weight excluding hydrogens is 370 g/mol. The summed E-state index contributed by atoms with van der Waals surface area (Å²) in [5, 5.41) is 9.42. The van der Waals surface area contributed by atoms with Gasteiger partial charge in [0.05, 0.1) is 12.5 Å². The molecule has 0 spiro atoms. The lowest BCUT2D eigenvalue weighted by molar-refractivity contribution is -0.373. The molecule has 5 atom stereocenters. The van der Waals surface area contributed by atoms with Crippen LogP contribution in [0.4, 0.5) is 26.3 Å². The Kier molecular flexibility index (Phi) is 5.87. The molecule has 26 heavy (non-hydrogen) atoms. The first kappa shape index (κ1) is 21.3. The van der Waals surface area contributed by atoms with Crippen LogP contribution < -0.4 is 0 Å². The second kappa shape index (κ2) is 7.18. The lowest BCUT2D eigenvalue weighted by Gasteiger charge is -2.38. The summed E-state index contributed by atoms with van der Waals surface area (Å²) in [7, 11) is 1.40. The molecule has 2 aliphatic rings. The van der Waals surface area contributed by atoms with Crippen LogP contribution in [0, 0.1) is 23.7 Å². The van der Waals surface area contributed by atoms with E-state index in [0.29, 0.717) is 12.8 Å². The lowest BCUT2D eigenvalue weighted by Crippen LogP contribution is -2.58. The summed E-state index contributed by atoms with van der Waals surface area (Å²) < 4.78 is 87.7. The summed E-state index contributed by atoms with van der Waals surface area (Å²) in [4.78, 5) is 12.0. The molecule has 0 aromatic rings. The average molecular weight is 392 g/mol. The average Bonchev–Trinajstić information content (AvgIpc) is 3.04. The molecule has 0 radical (unpaired) electrons. The standard InChI is InChI=1S/C16H22F6O4/c1-8(7-25-2)13(23)26-12-5-9-3-10(11(12)4-9)6-14(24,15(17,18)19)16(20,21)22/h8-12,24H,3-7H2,1-2H3. The number of alkyl halides is 6. The minimum Gasteiger partial charge on any atom is -0.462 e. The zero-order valence-corrected chi connectivity index (χ0v) is 14.4. The Morgan fingerprint density at radius 3 is 2.15 bits per heavy atom. The number of esters is 1. The number of hydrogen-bond donors (Lipinski definition) is 1. The molecule has 0 amide bonds. The summed E-state index contributed by atoms with van der Waals surface area (Å²) >= 11 is 0. The molecule has 2 saturated carbocycles. The largest absolute Gasteiger partial charge is 0.462 e. The van der Waals surface area contributed by atoms with Gasteiger partial charge in [-0.3, -0.25) is 4.79 Å². The number of hydrogen-bond acceptors (Lipinski definition) is 4. The van der Waals surface area contributed by atoms with E-state index in [1.165, 1.54) is 7.11 Å². The van der Waals surface area contributed by atoms with E-state index in [4.69, 9.17) is 9.47 Å². The number of carbonyl (C=O) groups excluding carboxylic acids is 1. The Morgan fingerprint density at radius 2 is 1.69 bits per heavy atom. The van der Waals surface area contributed by atoms with Crippen molar-refractivity contribution in [3.8, 4) is 0 Å². The van der Waals surface area contributed by atoms with E-state index in [-0.39, 0.29) is 18.9 Å². The van der Waals surface area contributed by atoms with Gasteiger partial charge in [-0.1, -0.05) is 0 Å². The van der Waals surface area contributed by atoms with E-state index >= 15 is 0 Å². The Balaban J connectivity index is 2.09. The highest BCUT2D eigenvalue weighted by Gasteiger charge is 2.71. The normalized spacial score (nSPS) is 30.5. The van der Waals surface area contributed by atoms with Crippen molar-refractivity contribution in [1.29, 1.82) is 0 Å². The smallest absolute Gasteiger partial charge is 0.426 e. The molecule has 152 valence electrons. The molecule has 5 unspecified atom stereocenters. The molecular formula is C16H22F6O4. The number of methoxy groups -OCH3 is 1. The van der Waals surface area contributed by atoms with Crippen molar-refractivity contribution in [1.82, 2.24) is 0 Å². The number of carbonyl (C=O) groups is 1. The van der Waals surface area contributed by atoms with Crippen molar-refractivity contribution in [2.45, 2.75) is 56.7 Å². The first-order chi connectivity index (χ1) is 11.8. The molecule has 2 aliphatic carbocycles. The van der Waals surface area contributed by atoms with Gasteiger partial charge in [0.15, 0.2) is 0 Å². The molecule has 0 aliphatic heterocycles. The summed E-state index contributed by atoms with van der Waals surface area (Å²) in [6.45, 7) is 1.66. The zero-order chi connectivity index (χ0) is 19.9. The summed E-state index contributed by atoms with van der Waals surface area (Å²) in [6.07, 6.45) is -12.9. The van der Waals surface area contributed by atoms with Crippen LogP contribution in [-0.2, 0) is 14.3 Å². The highest BCUT2D eigenvalue weighted by Crippen LogP contribution is 2.56. The van der Waals surface area contributed by atoms with E-state index in [1.54, 1.807) is 6.92 Å². The fourth-order valence-electron chi connectivity index (χ4n) is 4.15. The summed E-state index contributed by atoms with van der Waals surface area (Å²) in [6, 6.07) is 0. The highest BCUT2D eigenvalue weighted by atomic mass is 19.4. The van der Waals surface area contributed by atoms with Gasteiger partial charge in [0.25, 0.3) is 5.60 Å². The van der Waals surface area contributed by atoms with Gasteiger partial charge >= 0.3 is 18.3 Å². The molecule has 0 saturated heterocycles. The first-order valence-corrected chi connectivity index (χ1v) is 8.35. The maximum atomic E-state index is 12.9. The molecule has 2 rings (SSSR count). The number of ether oxygens (including phenoxy) is 2. The van der Waals surface area contributed by atoms with Gasteiger partial charge in [-0.15, -0.1) is 0 Å². The zero-order valence-electron chi connectivity index (χ0n) is 14.4. The number of halogens is 6. The molecule has 2 fully saturated rings. The molecule has 1 N–H and O–H groups in total. The predicted molar refractivity (Wildman–Crippen MR) is 76.9 cm³/mol. The van der Waals surface area contributed by atoms with Gasteiger partial charge in [-0.25, -0.2) is 0 Å². The van der Waals surface area contributed by atoms with Crippen LogP contribution in [0.2, 0.25) is 0 Å². The van der Waals surface area contributed by atoms with Gasteiger partial charge in [0.2, 0.25) is 0 Å². The number of rotatable bonds is 6. The third-order valence-corrected chi connectivity index (χ3v) is 5.47. The Bertz CT molecular complexity index is 504. The first-order valence-electron chi connectivity index (χ1n) is 8.35. The second-order valence-corrected chi connectivity index (χ2v) is 7.39. The molecule has 0 aromatic heterocycles. The van der Waals surface area contributed by atoms with Crippen molar-refractivity contribution >= 4 is 5.97 Å². The number of fused-ring (bicyclic) bond motifs is 2. The van der Waals surface area contributed by atoms with E-state index in [9.17, 15) is 36.2 Å². The Hall–Kier alpha value is -1.03. The van der Waals surface area contributed by atoms with Gasteiger partial charge in [0.1, 0.15) is 6.10 Å². The molecule has 0 aromatic carbocycles. The van der Waals surface area contributed by atoms with E-state index in [1.807, 2.05) is 0 Å². The topological polar surface area (TPSA) is 55.8 Å². The summed E-state index contributed by atoms with van der Waals surface area (Å²) in [5.74, 6) is -2.91. The van der Waals surface area contributed by atoms with E-state index in [2.05, 4.69) is 0 Å². The SMILES string of the molecule is COCC(C)C(=O)OC1CC2CC(CC(O)(C(F)(F)F)C(F)(F)F)C1C2. The fourth-order valence-corrected chi connectivity index (χ4v) is 4.15. The number of aliphatic hydroxyl groups is 1. The van der Waals surface area contributed by atoms with Crippen LogP contribution in [0.3, 0.4) is 0 Å². The Morgan fingerprint density at radius 1 is 1.12 bits per heavy atom. The maximum absolute atomic E-state index is 12.9. The minimum absolute atomic E-state index is 0.102. The van der Waals surface area contributed by atoms with Gasteiger partial charge in [0, 0.05) is 7.11 Å². The maximum Gasteiger partial charge on any atom is 0.426 e. The third kappa shape index (κ3) is 3.95. The van der Waals surface area contributed by atoms with Crippen molar-refractivity contribution in [2.24, 2.45) is 23.7 Å². The third-order valence-electron chi connectivity index (χ3n) is 5.47. The minimum atomic E-state index is -5.83. The highest BCUT2D eigenvalue weighted by molar-refractivity contribution is 5.72. The van der Waals surface area contributed by atoms with Crippen LogP contribution in [0.25, 0.3) is 0 Å². The van der Waals surface area contributed by atoms with Crippen LogP contribution in [0.1, 0.15) is 32.6 Å². The predicted octanol–water partition coefficient (Wildman–Crippen LogP) is 3.47. The molecule has 10 heteroatoms.